The Kier molecular flexibility index (Phi) is 13.0. The van der Waals surface area contributed by atoms with E-state index in [1.54, 1.807) is 23.0 Å². The van der Waals surface area contributed by atoms with Gasteiger partial charge < -0.3 is 14.7 Å². The third kappa shape index (κ3) is 10.4. The third-order valence-electron chi connectivity index (χ3n) is 8.67. The highest BCUT2D eigenvalue weighted by Crippen LogP contribution is 2.34. The zero-order valence-corrected chi connectivity index (χ0v) is 31.2. The molecule has 52 heavy (non-hydrogen) atoms. The van der Waals surface area contributed by atoms with Crippen LogP contribution in [0.4, 0.5) is 13.2 Å². The summed E-state index contributed by atoms with van der Waals surface area (Å²) < 4.78 is 38.2. The van der Waals surface area contributed by atoms with Crippen LogP contribution in [0.25, 0.3) is 17.3 Å². The summed E-state index contributed by atoms with van der Waals surface area (Å²) in [4.78, 5) is 38.8. The Labute approximate surface area is 316 Å². The quantitative estimate of drug-likeness (QED) is 0.0487. The molecule has 5 aromatic rings. The number of benzene rings is 4. The molecule has 0 bridgehead atoms. The van der Waals surface area contributed by atoms with Gasteiger partial charge in [0.05, 0.1) is 11.3 Å². The van der Waals surface area contributed by atoms with Gasteiger partial charge in [0.1, 0.15) is 0 Å². The molecule has 1 unspecified atom stereocenters. The van der Waals surface area contributed by atoms with Crippen LogP contribution >= 0.6 is 22.6 Å². The van der Waals surface area contributed by atoms with E-state index < -0.39 is 21.2 Å². The molecule has 6 nitrogen and oxygen atoms in total. The fourth-order valence-electron chi connectivity index (χ4n) is 5.76. The van der Waals surface area contributed by atoms with E-state index in [0.29, 0.717) is 18.7 Å². The van der Waals surface area contributed by atoms with Crippen LogP contribution in [0.5, 0.6) is 0 Å². The minimum atomic E-state index is -4.47. The number of carbonyl (C=O) groups is 2. The number of pyridine rings is 1. The highest BCUT2D eigenvalue weighted by molar-refractivity contribution is 14.1. The van der Waals surface area contributed by atoms with Crippen LogP contribution in [-0.2, 0) is 35.3 Å². The molecule has 0 saturated carbocycles. The van der Waals surface area contributed by atoms with Crippen LogP contribution in [0.2, 0.25) is 0 Å². The molecule has 5 rings (SSSR count). The second kappa shape index (κ2) is 17.6. The molecule has 1 aromatic heterocycles. The van der Waals surface area contributed by atoms with Gasteiger partial charge in [0.2, 0.25) is 5.91 Å². The number of carbonyl (C=O) groups excluding carboxylic acids is 2. The molecule has 0 spiro atoms. The van der Waals surface area contributed by atoms with Gasteiger partial charge in [-0.1, -0.05) is 103 Å². The van der Waals surface area contributed by atoms with E-state index in [4.69, 9.17) is 0 Å². The van der Waals surface area contributed by atoms with Crippen molar-refractivity contribution < 1.29 is 22.8 Å². The molecule has 10 heteroatoms. The summed E-state index contributed by atoms with van der Waals surface area (Å²) in [5.74, 6) is -0.701. The van der Waals surface area contributed by atoms with Gasteiger partial charge in [-0.2, -0.15) is 13.2 Å². The molecule has 0 saturated heterocycles. The lowest BCUT2D eigenvalue weighted by molar-refractivity contribution is -0.144. The fourth-order valence-corrected chi connectivity index (χ4v) is 7.02. The van der Waals surface area contributed by atoms with E-state index in [1.165, 1.54) is 24.3 Å². The largest absolute Gasteiger partial charge is 0.416 e. The van der Waals surface area contributed by atoms with Crippen molar-refractivity contribution >= 4 is 40.5 Å². The molecule has 2 amide bonds. The lowest BCUT2D eigenvalue weighted by atomic mass is 10.0. The number of aromatic nitrogens is 1. The van der Waals surface area contributed by atoms with E-state index in [2.05, 4.69) is 44.6 Å². The molecule has 0 aliphatic rings. The Morgan fingerprint density at radius 2 is 1.31 bits per heavy atom. The Morgan fingerprint density at radius 3 is 1.90 bits per heavy atom. The van der Waals surface area contributed by atoms with Crippen LogP contribution in [0, 0.1) is 0 Å². The smallest absolute Gasteiger partial charge is 0.342 e. The molecular weight excluding hydrogens is 776 g/mol. The SMILES string of the molecule is CN(CCN(C)C(=O)C(I)(Cc1ccccc1)N(Cc1ccc(-c2ccccn2)cc1)C(=O)C=Cc1ccc(C(F)(F)F)cc1)Cc1ccccc1. The highest BCUT2D eigenvalue weighted by atomic mass is 127. The average molecular weight is 817 g/mol. The first-order valence-electron chi connectivity index (χ1n) is 16.8. The standard InChI is InChI=1S/C42H40F3IN4O2/c1-48(30-34-13-7-4-8-14-34)27-28-49(2)40(52)41(46,29-33-11-5-3-6-12-33)50(31-35-16-21-36(22-17-35)38-15-9-10-26-47-38)39(51)25-20-32-18-23-37(24-19-32)42(43,44)45/h3-26H,27-31H2,1-2H3. The summed E-state index contributed by atoms with van der Waals surface area (Å²) in [6, 6.07) is 37.6. The van der Waals surface area contributed by atoms with Crippen molar-refractivity contribution in [1.29, 1.82) is 0 Å². The topological polar surface area (TPSA) is 56.8 Å². The van der Waals surface area contributed by atoms with E-state index in [1.807, 2.05) is 98.0 Å². The molecule has 1 atom stereocenters. The summed E-state index contributed by atoms with van der Waals surface area (Å²) in [5.41, 5.74) is 4.19. The van der Waals surface area contributed by atoms with E-state index in [9.17, 15) is 22.8 Å². The van der Waals surface area contributed by atoms with Crippen molar-refractivity contribution in [2.24, 2.45) is 0 Å². The minimum Gasteiger partial charge on any atom is -0.342 e. The minimum absolute atomic E-state index is 0.0992. The highest BCUT2D eigenvalue weighted by Gasteiger charge is 2.45. The Bertz CT molecular complexity index is 1920. The van der Waals surface area contributed by atoms with Gasteiger partial charge in [-0.15, -0.1) is 0 Å². The monoisotopic (exact) mass is 816 g/mol. The molecule has 0 fully saturated rings. The first-order valence-corrected chi connectivity index (χ1v) is 17.9. The summed E-state index contributed by atoms with van der Waals surface area (Å²) in [5, 5.41) is 0. The van der Waals surface area contributed by atoms with Gasteiger partial charge in [-0.3, -0.25) is 14.6 Å². The fraction of sp³-hybridized carbons (Fsp3) is 0.214. The molecule has 4 aromatic carbocycles. The first-order chi connectivity index (χ1) is 24.9. The van der Waals surface area contributed by atoms with Crippen LogP contribution in [0.1, 0.15) is 27.8 Å². The van der Waals surface area contributed by atoms with Crippen molar-refractivity contribution in [1.82, 2.24) is 19.7 Å². The van der Waals surface area contributed by atoms with Crippen LogP contribution < -0.4 is 0 Å². The number of hydrogen-bond donors (Lipinski definition) is 0. The molecular formula is C42H40F3IN4O2. The zero-order chi connectivity index (χ0) is 37.1. The maximum absolute atomic E-state index is 14.7. The number of likely N-dealkylation sites (N-methyl/N-ethyl adjacent to an activating group) is 2. The number of halogens is 4. The molecule has 0 N–H and O–H groups in total. The van der Waals surface area contributed by atoms with Gasteiger partial charge in [-0.25, -0.2) is 0 Å². The van der Waals surface area contributed by atoms with Crippen molar-refractivity contribution in [3.63, 3.8) is 0 Å². The molecule has 0 aliphatic carbocycles. The number of hydrogen-bond acceptors (Lipinski definition) is 4. The maximum atomic E-state index is 14.7. The molecule has 0 radical (unpaired) electrons. The molecule has 1 heterocycles. The summed E-state index contributed by atoms with van der Waals surface area (Å²) in [6.07, 6.45) is 0.281. The van der Waals surface area contributed by atoms with E-state index >= 15 is 0 Å². The average Bonchev–Trinajstić information content (AvgIpc) is 3.16. The normalized spacial score (nSPS) is 12.8. The lowest BCUT2D eigenvalue weighted by Crippen LogP contribution is -2.58. The van der Waals surface area contributed by atoms with Gasteiger partial charge in [0.15, 0.2) is 3.55 Å². The van der Waals surface area contributed by atoms with E-state index in [0.717, 1.165) is 46.6 Å². The zero-order valence-electron chi connectivity index (χ0n) is 29.0. The van der Waals surface area contributed by atoms with Gasteiger partial charge in [-0.05, 0) is 82.2 Å². The van der Waals surface area contributed by atoms with Crippen molar-refractivity contribution in [3.8, 4) is 11.3 Å². The van der Waals surface area contributed by atoms with E-state index in [-0.39, 0.29) is 18.9 Å². The van der Waals surface area contributed by atoms with Gasteiger partial charge in [0, 0.05) is 57.5 Å². The first kappa shape index (κ1) is 38.4. The number of nitrogens with zero attached hydrogens (tertiary/aromatic N) is 4. The number of amides is 2. The summed E-state index contributed by atoms with van der Waals surface area (Å²) in [7, 11) is 3.75. The summed E-state index contributed by atoms with van der Waals surface area (Å²) in [6.45, 7) is 1.84. The van der Waals surface area contributed by atoms with Gasteiger partial charge in [0.25, 0.3) is 5.91 Å². The number of rotatable bonds is 14. The van der Waals surface area contributed by atoms with Crippen molar-refractivity contribution in [3.05, 3.63) is 167 Å². The van der Waals surface area contributed by atoms with Crippen molar-refractivity contribution in [2.75, 3.05) is 27.2 Å². The molecule has 268 valence electrons. The molecule has 0 aliphatic heterocycles. The van der Waals surface area contributed by atoms with Crippen molar-refractivity contribution in [2.45, 2.75) is 29.2 Å². The van der Waals surface area contributed by atoms with Gasteiger partial charge >= 0.3 is 6.18 Å². The van der Waals surface area contributed by atoms with Crippen LogP contribution in [0.15, 0.2) is 140 Å². The summed E-state index contributed by atoms with van der Waals surface area (Å²) >= 11 is 2.11. The van der Waals surface area contributed by atoms with Crippen LogP contribution in [-0.4, -0.2) is 62.2 Å². The number of alkyl halides is 4. The van der Waals surface area contributed by atoms with Crippen LogP contribution in [0.3, 0.4) is 0 Å². The maximum Gasteiger partial charge on any atom is 0.416 e. The Balaban J connectivity index is 1.46. The Morgan fingerprint density at radius 1 is 0.712 bits per heavy atom. The Hall–Kier alpha value is -4.81. The second-order valence-electron chi connectivity index (χ2n) is 12.7. The lowest BCUT2D eigenvalue weighted by Gasteiger charge is -2.41. The predicted octanol–water partition coefficient (Wildman–Crippen LogP) is 8.77. The third-order valence-corrected chi connectivity index (χ3v) is 10.1. The second-order valence-corrected chi connectivity index (χ2v) is 14.4. The predicted molar refractivity (Wildman–Crippen MR) is 208 cm³/mol.